The van der Waals surface area contributed by atoms with Gasteiger partial charge in [-0.15, -0.1) is 0 Å². The lowest BCUT2D eigenvalue weighted by molar-refractivity contribution is -0.137. The Bertz CT molecular complexity index is 1330. The molecule has 2 aromatic carbocycles. The van der Waals surface area contributed by atoms with Crippen molar-refractivity contribution in [3.63, 3.8) is 0 Å². The highest BCUT2D eigenvalue weighted by atomic mass is 32.2. The zero-order valence-corrected chi connectivity index (χ0v) is 16.8. The van der Waals surface area contributed by atoms with Crippen LogP contribution in [0.3, 0.4) is 0 Å². The summed E-state index contributed by atoms with van der Waals surface area (Å²) in [7, 11) is 0. The number of benzene rings is 2. The summed E-state index contributed by atoms with van der Waals surface area (Å²) in [5.74, 6) is 0.554. The second kappa shape index (κ2) is 7.52. The first kappa shape index (κ1) is 19.8. The lowest BCUT2D eigenvalue weighted by atomic mass is 10.1. The minimum absolute atomic E-state index is 0.0766. The molecule has 4 aromatic rings. The number of thioether (sulfide) groups is 1. The molecule has 2 aromatic heterocycles. The number of aromatic nitrogens is 4. The van der Waals surface area contributed by atoms with Gasteiger partial charge >= 0.3 is 6.18 Å². The minimum Gasteiger partial charge on any atom is -0.338 e. The fourth-order valence-corrected chi connectivity index (χ4v) is 4.18. The highest BCUT2D eigenvalue weighted by Crippen LogP contribution is 2.37. The van der Waals surface area contributed by atoms with Gasteiger partial charge < -0.3 is 4.52 Å². The molecule has 1 aliphatic rings. The van der Waals surface area contributed by atoms with E-state index in [9.17, 15) is 18.0 Å². The van der Waals surface area contributed by atoms with Gasteiger partial charge in [-0.05, 0) is 37.1 Å². The molecule has 0 atom stereocenters. The third kappa shape index (κ3) is 3.95. The molecule has 0 saturated heterocycles. The van der Waals surface area contributed by atoms with E-state index in [1.807, 2.05) is 12.1 Å². The van der Waals surface area contributed by atoms with E-state index >= 15 is 0 Å². The van der Waals surface area contributed by atoms with Crippen molar-refractivity contribution >= 4 is 22.7 Å². The maximum atomic E-state index is 12.9. The molecule has 31 heavy (non-hydrogen) atoms. The first-order valence-corrected chi connectivity index (χ1v) is 10.5. The van der Waals surface area contributed by atoms with Crippen LogP contribution in [-0.2, 0) is 11.9 Å². The number of fused-ring (bicyclic) bond motifs is 1. The van der Waals surface area contributed by atoms with Crippen LogP contribution < -0.4 is 5.56 Å². The Morgan fingerprint density at radius 1 is 1.10 bits per heavy atom. The predicted molar refractivity (Wildman–Crippen MR) is 109 cm³/mol. The van der Waals surface area contributed by atoms with Crippen LogP contribution in [0.2, 0.25) is 0 Å². The Morgan fingerprint density at radius 3 is 2.68 bits per heavy atom. The summed E-state index contributed by atoms with van der Waals surface area (Å²) in [6.07, 6.45) is -2.60. The molecule has 0 spiro atoms. The second-order valence-corrected chi connectivity index (χ2v) is 8.14. The van der Waals surface area contributed by atoms with Crippen LogP contribution in [0.1, 0.15) is 30.3 Å². The lowest BCUT2D eigenvalue weighted by Gasteiger charge is -2.11. The molecule has 158 valence electrons. The Kier molecular flexibility index (Phi) is 4.81. The van der Waals surface area contributed by atoms with Gasteiger partial charge in [0.15, 0.2) is 5.16 Å². The van der Waals surface area contributed by atoms with E-state index in [0.717, 1.165) is 25.0 Å². The van der Waals surface area contributed by atoms with Crippen LogP contribution in [-0.4, -0.2) is 19.7 Å². The highest BCUT2D eigenvalue weighted by molar-refractivity contribution is 7.98. The standard InChI is InChI=1S/C21H15F3N4O2S/c22-21(23,24)13-5-3-4-12(10-13)18-26-17(30-27-18)11-31-20-25-16-7-2-1-6-15(16)19(29)28(20)14-8-9-14/h1-7,10,14H,8-9,11H2. The Hall–Kier alpha value is -3.14. The molecular weight excluding hydrogens is 429 g/mol. The number of rotatable bonds is 5. The van der Waals surface area contributed by atoms with Crippen LogP contribution in [0.15, 0.2) is 63.0 Å². The third-order valence-corrected chi connectivity index (χ3v) is 5.87. The fourth-order valence-electron chi connectivity index (χ4n) is 3.27. The fraction of sp³-hybridized carbons (Fsp3) is 0.238. The molecule has 0 N–H and O–H groups in total. The number of hydrogen-bond donors (Lipinski definition) is 0. The van der Waals surface area contributed by atoms with Crippen molar-refractivity contribution in [1.82, 2.24) is 19.7 Å². The van der Waals surface area contributed by atoms with E-state index in [-0.39, 0.29) is 34.6 Å². The van der Waals surface area contributed by atoms with E-state index in [4.69, 9.17) is 4.52 Å². The first-order valence-electron chi connectivity index (χ1n) is 9.54. The van der Waals surface area contributed by atoms with E-state index in [0.29, 0.717) is 16.1 Å². The van der Waals surface area contributed by atoms with Gasteiger partial charge in [-0.25, -0.2) is 4.98 Å². The van der Waals surface area contributed by atoms with Gasteiger partial charge in [0.1, 0.15) is 0 Å². The molecule has 10 heteroatoms. The third-order valence-electron chi connectivity index (χ3n) is 4.93. The predicted octanol–water partition coefficient (Wildman–Crippen LogP) is 5.09. The lowest BCUT2D eigenvalue weighted by Crippen LogP contribution is -2.22. The van der Waals surface area contributed by atoms with Gasteiger partial charge in [-0.1, -0.05) is 41.2 Å². The summed E-state index contributed by atoms with van der Waals surface area (Å²) in [5.41, 5.74) is -0.0269. The average molecular weight is 444 g/mol. The summed E-state index contributed by atoms with van der Waals surface area (Å²) < 4.78 is 45.8. The second-order valence-electron chi connectivity index (χ2n) is 7.20. The van der Waals surface area contributed by atoms with Gasteiger partial charge in [0.2, 0.25) is 11.7 Å². The van der Waals surface area contributed by atoms with E-state index in [1.165, 1.54) is 23.9 Å². The van der Waals surface area contributed by atoms with Crippen LogP contribution in [0.25, 0.3) is 22.3 Å². The topological polar surface area (TPSA) is 73.8 Å². The summed E-state index contributed by atoms with van der Waals surface area (Å²) >= 11 is 1.29. The molecule has 1 fully saturated rings. The number of para-hydroxylation sites is 1. The van der Waals surface area contributed by atoms with Crippen molar-refractivity contribution in [3.05, 3.63) is 70.3 Å². The summed E-state index contributed by atoms with van der Waals surface area (Å²) in [5, 5.41) is 4.94. The molecule has 0 aliphatic heterocycles. The van der Waals surface area contributed by atoms with Gasteiger partial charge in [0.25, 0.3) is 5.56 Å². The van der Waals surface area contributed by atoms with Crippen LogP contribution in [0, 0.1) is 0 Å². The zero-order chi connectivity index (χ0) is 21.6. The molecule has 0 bridgehead atoms. The maximum Gasteiger partial charge on any atom is 0.416 e. The largest absolute Gasteiger partial charge is 0.416 e. The highest BCUT2D eigenvalue weighted by Gasteiger charge is 2.31. The SMILES string of the molecule is O=c1c2ccccc2nc(SCc2nc(-c3cccc(C(F)(F)F)c3)no2)n1C1CC1. The van der Waals surface area contributed by atoms with Crippen LogP contribution >= 0.6 is 11.8 Å². The quantitative estimate of drug-likeness (QED) is 0.315. The molecule has 2 heterocycles. The molecule has 1 aliphatic carbocycles. The van der Waals surface area contributed by atoms with Gasteiger partial charge in [0, 0.05) is 11.6 Å². The van der Waals surface area contributed by atoms with Gasteiger partial charge in [-0.2, -0.15) is 18.2 Å². The average Bonchev–Trinajstić information content (AvgIpc) is 3.48. The molecule has 0 unspecified atom stereocenters. The normalized spacial score (nSPS) is 14.3. The maximum absolute atomic E-state index is 12.9. The van der Waals surface area contributed by atoms with Crippen molar-refractivity contribution < 1.29 is 17.7 Å². The van der Waals surface area contributed by atoms with Crippen LogP contribution in [0.4, 0.5) is 13.2 Å². The summed E-state index contributed by atoms with van der Waals surface area (Å²) in [4.78, 5) is 21.7. The smallest absolute Gasteiger partial charge is 0.338 e. The number of nitrogens with zero attached hydrogens (tertiary/aromatic N) is 4. The number of hydrogen-bond acceptors (Lipinski definition) is 6. The summed E-state index contributed by atoms with van der Waals surface area (Å²) in [6, 6.07) is 12.1. The Morgan fingerprint density at radius 2 is 1.90 bits per heavy atom. The Balaban J connectivity index is 1.41. The summed E-state index contributed by atoms with van der Waals surface area (Å²) in [6.45, 7) is 0. The van der Waals surface area contributed by atoms with E-state index in [2.05, 4.69) is 15.1 Å². The van der Waals surface area contributed by atoms with E-state index < -0.39 is 11.7 Å². The molecule has 0 amide bonds. The first-order chi connectivity index (χ1) is 14.9. The van der Waals surface area contributed by atoms with Crippen molar-refractivity contribution in [3.8, 4) is 11.4 Å². The molecule has 6 nitrogen and oxygen atoms in total. The zero-order valence-electron chi connectivity index (χ0n) is 16.0. The van der Waals surface area contributed by atoms with Crippen molar-refractivity contribution in [1.29, 1.82) is 0 Å². The Labute approximate surface area is 178 Å². The van der Waals surface area contributed by atoms with Gasteiger partial charge in [0.05, 0.1) is 22.2 Å². The molecule has 1 saturated carbocycles. The van der Waals surface area contributed by atoms with Gasteiger partial charge in [-0.3, -0.25) is 9.36 Å². The van der Waals surface area contributed by atoms with Crippen molar-refractivity contribution in [2.45, 2.75) is 36.0 Å². The van der Waals surface area contributed by atoms with Crippen molar-refractivity contribution in [2.75, 3.05) is 0 Å². The monoisotopic (exact) mass is 444 g/mol. The molecule has 5 rings (SSSR count). The van der Waals surface area contributed by atoms with Crippen LogP contribution in [0.5, 0.6) is 0 Å². The number of alkyl halides is 3. The van der Waals surface area contributed by atoms with E-state index in [1.54, 1.807) is 16.7 Å². The molecule has 0 radical (unpaired) electrons. The molecular formula is C21H15F3N4O2S. The number of halogens is 3. The van der Waals surface area contributed by atoms with Crippen molar-refractivity contribution in [2.24, 2.45) is 0 Å². The minimum atomic E-state index is -4.45.